The lowest BCUT2D eigenvalue weighted by molar-refractivity contribution is -0.274. The summed E-state index contributed by atoms with van der Waals surface area (Å²) in [6.45, 7) is 1.37. The molecule has 1 aliphatic rings. The Hall–Kier alpha value is -4.68. The fourth-order valence-corrected chi connectivity index (χ4v) is 4.01. The third kappa shape index (κ3) is 5.29. The minimum absolute atomic E-state index is 0.142. The van der Waals surface area contributed by atoms with Crippen LogP contribution >= 0.6 is 0 Å². The second kappa shape index (κ2) is 9.76. The quantitative estimate of drug-likeness (QED) is 0.406. The van der Waals surface area contributed by atoms with Gasteiger partial charge in [0.15, 0.2) is 22.9 Å². The van der Waals surface area contributed by atoms with Crippen molar-refractivity contribution in [2.75, 3.05) is 23.7 Å². The lowest BCUT2D eigenvalue weighted by atomic mass is 10.2. The van der Waals surface area contributed by atoms with Crippen LogP contribution in [-0.4, -0.2) is 55.9 Å². The van der Waals surface area contributed by atoms with Crippen LogP contribution in [0.3, 0.4) is 0 Å². The SMILES string of the molecule is O=C(Nc1ccc(-c2nnc3c(C(=O)N4CCCC4)nccn23)cc1)Nc1ccccc1OC(F)(F)F. The van der Waals surface area contributed by atoms with Crippen LogP contribution in [0.5, 0.6) is 5.75 Å². The van der Waals surface area contributed by atoms with Gasteiger partial charge in [-0.1, -0.05) is 12.1 Å². The van der Waals surface area contributed by atoms with Crippen LogP contribution < -0.4 is 15.4 Å². The second-order valence-electron chi connectivity index (χ2n) is 8.19. The van der Waals surface area contributed by atoms with E-state index >= 15 is 0 Å². The molecule has 4 aromatic rings. The minimum atomic E-state index is -4.89. The molecule has 2 aromatic heterocycles. The topological polar surface area (TPSA) is 114 Å². The zero-order valence-corrected chi connectivity index (χ0v) is 19.2. The summed E-state index contributed by atoms with van der Waals surface area (Å²) in [7, 11) is 0. The van der Waals surface area contributed by atoms with E-state index in [1.807, 2.05) is 0 Å². The van der Waals surface area contributed by atoms with E-state index in [2.05, 4.69) is 30.6 Å². The van der Waals surface area contributed by atoms with Crippen molar-refractivity contribution in [1.29, 1.82) is 0 Å². The van der Waals surface area contributed by atoms with Gasteiger partial charge in [-0.15, -0.1) is 23.4 Å². The molecule has 37 heavy (non-hydrogen) atoms. The van der Waals surface area contributed by atoms with Gasteiger partial charge in [0, 0.05) is 36.7 Å². The van der Waals surface area contributed by atoms with Crippen molar-refractivity contribution in [3.63, 3.8) is 0 Å². The predicted molar refractivity (Wildman–Crippen MR) is 127 cm³/mol. The number of nitrogens with zero attached hydrogens (tertiary/aromatic N) is 5. The number of fused-ring (bicyclic) bond motifs is 1. The van der Waals surface area contributed by atoms with Gasteiger partial charge in [-0.3, -0.25) is 9.20 Å². The number of hydrogen-bond donors (Lipinski definition) is 2. The number of urea groups is 1. The van der Waals surface area contributed by atoms with Crippen LogP contribution in [-0.2, 0) is 0 Å². The molecule has 0 radical (unpaired) electrons. The Morgan fingerprint density at radius 3 is 2.41 bits per heavy atom. The smallest absolute Gasteiger partial charge is 0.404 e. The zero-order valence-electron chi connectivity index (χ0n) is 19.2. The molecule has 0 atom stereocenters. The summed E-state index contributed by atoms with van der Waals surface area (Å²) in [5, 5.41) is 13.3. The molecule has 1 saturated heterocycles. The lowest BCUT2D eigenvalue weighted by Crippen LogP contribution is -2.29. The van der Waals surface area contributed by atoms with Crippen molar-refractivity contribution >= 4 is 29.0 Å². The lowest BCUT2D eigenvalue weighted by Gasteiger charge is -2.14. The van der Waals surface area contributed by atoms with Gasteiger partial charge >= 0.3 is 12.4 Å². The average molecular weight is 511 g/mol. The summed E-state index contributed by atoms with van der Waals surface area (Å²) >= 11 is 0. The normalized spacial score (nSPS) is 13.5. The highest BCUT2D eigenvalue weighted by Gasteiger charge is 2.32. The molecule has 190 valence electrons. The number of benzene rings is 2. The number of alkyl halides is 3. The van der Waals surface area contributed by atoms with E-state index in [0.29, 0.717) is 35.8 Å². The first-order valence-corrected chi connectivity index (χ1v) is 11.3. The number of para-hydroxylation sites is 2. The summed E-state index contributed by atoms with van der Waals surface area (Å²) in [6, 6.07) is 11.0. The van der Waals surface area contributed by atoms with Crippen molar-refractivity contribution in [2.45, 2.75) is 19.2 Å². The molecule has 3 amide bonds. The maximum absolute atomic E-state index is 12.8. The summed E-state index contributed by atoms with van der Waals surface area (Å²) in [5.74, 6) is -0.242. The van der Waals surface area contributed by atoms with Gasteiger partial charge in [0.25, 0.3) is 5.91 Å². The first-order chi connectivity index (χ1) is 17.8. The molecule has 5 rings (SSSR count). The van der Waals surface area contributed by atoms with Gasteiger partial charge in [0.2, 0.25) is 0 Å². The van der Waals surface area contributed by atoms with Crippen molar-refractivity contribution in [3.8, 4) is 17.1 Å². The fourth-order valence-electron chi connectivity index (χ4n) is 4.01. The number of nitrogens with one attached hydrogen (secondary N) is 2. The van der Waals surface area contributed by atoms with E-state index in [1.165, 1.54) is 24.4 Å². The van der Waals surface area contributed by atoms with Crippen LogP contribution in [0.25, 0.3) is 17.0 Å². The third-order valence-electron chi connectivity index (χ3n) is 5.68. The van der Waals surface area contributed by atoms with Gasteiger partial charge in [-0.2, -0.15) is 0 Å². The second-order valence-corrected chi connectivity index (χ2v) is 8.19. The Kier molecular flexibility index (Phi) is 6.34. The molecule has 0 bridgehead atoms. The molecule has 2 aromatic carbocycles. The maximum Gasteiger partial charge on any atom is 0.573 e. The maximum atomic E-state index is 12.8. The minimum Gasteiger partial charge on any atom is -0.404 e. The third-order valence-corrected chi connectivity index (χ3v) is 5.68. The number of rotatable bonds is 5. The number of amides is 3. The van der Waals surface area contributed by atoms with Crippen molar-refractivity contribution < 1.29 is 27.5 Å². The first-order valence-electron chi connectivity index (χ1n) is 11.3. The summed E-state index contributed by atoms with van der Waals surface area (Å²) in [5.41, 5.74) is 1.48. The highest BCUT2D eigenvalue weighted by Crippen LogP contribution is 2.30. The number of halogens is 3. The van der Waals surface area contributed by atoms with Crippen LogP contribution in [0.2, 0.25) is 0 Å². The van der Waals surface area contributed by atoms with Gasteiger partial charge in [-0.05, 0) is 49.2 Å². The van der Waals surface area contributed by atoms with Crippen molar-refractivity contribution in [2.24, 2.45) is 0 Å². The number of likely N-dealkylation sites (tertiary alicyclic amines) is 1. The van der Waals surface area contributed by atoms with Gasteiger partial charge in [-0.25, -0.2) is 9.78 Å². The number of aromatic nitrogens is 4. The van der Waals surface area contributed by atoms with Crippen LogP contribution in [0.1, 0.15) is 23.3 Å². The summed E-state index contributed by atoms with van der Waals surface area (Å²) in [6.07, 6.45) is 0.196. The predicted octanol–water partition coefficient (Wildman–Crippen LogP) is 4.57. The molecule has 0 unspecified atom stereocenters. The van der Waals surface area contributed by atoms with E-state index in [-0.39, 0.29) is 17.3 Å². The number of anilines is 2. The van der Waals surface area contributed by atoms with E-state index in [0.717, 1.165) is 18.9 Å². The molecular formula is C24H20F3N7O3. The van der Waals surface area contributed by atoms with E-state index in [1.54, 1.807) is 39.8 Å². The van der Waals surface area contributed by atoms with E-state index in [4.69, 9.17) is 0 Å². The monoisotopic (exact) mass is 511 g/mol. The molecule has 1 aliphatic heterocycles. The zero-order chi connectivity index (χ0) is 26.0. The van der Waals surface area contributed by atoms with Crippen molar-refractivity contribution in [3.05, 3.63) is 66.6 Å². The molecule has 3 heterocycles. The van der Waals surface area contributed by atoms with Crippen LogP contribution in [0.4, 0.5) is 29.3 Å². The number of carbonyl (C=O) groups is 2. The molecule has 10 nitrogen and oxygen atoms in total. The van der Waals surface area contributed by atoms with Gasteiger partial charge < -0.3 is 20.3 Å². The Bertz CT molecular complexity index is 1450. The summed E-state index contributed by atoms with van der Waals surface area (Å²) < 4.78 is 43.4. The highest BCUT2D eigenvalue weighted by molar-refractivity contribution is 6.01. The molecule has 0 aliphatic carbocycles. The number of hydrogen-bond acceptors (Lipinski definition) is 6. The van der Waals surface area contributed by atoms with Crippen molar-refractivity contribution in [1.82, 2.24) is 24.5 Å². The van der Waals surface area contributed by atoms with Gasteiger partial charge in [0.05, 0.1) is 5.69 Å². The Labute approximate surface area is 208 Å². The molecular weight excluding hydrogens is 491 g/mol. The largest absolute Gasteiger partial charge is 0.573 e. The van der Waals surface area contributed by atoms with Gasteiger partial charge in [0.1, 0.15) is 0 Å². The summed E-state index contributed by atoms with van der Waals surface area (Å²) in [4.78, 5) is 31.2. The Morgan fingerprint density at radius 1 is 0.946 bits per heavy atom. The molecule has 2 N–H and O–H groups in total. The fraction of sp³-hybridized carbons (Fsp3) is 0.208. The standard InChI is InChI=1S/C24H20F3N7O3/c25-24(26,27)37-18-6-2-1-5-17(18)30-23(36)29-16-9-7-15(8-10-16)20-31-32-21-19(28-11-14-34(20)21)22(35)33-12-3-4-13-33/h1-2,5-11,14H,3-4,12-13H2,(H2,29,30,36). The van der Waals surface area contributed by atoms with E-state index in [9.17, 15) is 22.8 Å². The Morgan fingerprint density at radius 2 is 1.68 bits per heavy atom. The Balaban J connectivity index is 1.30. The molecule has 1 fully saturated rings. The molecule has 0 spiro atoms. The average Bonchev–Trinajstić information content (AvgIpc) is 3.55. The highest BCUT2D eigenvalue weighted by atomic mass is 19.4. The number of ether oxygens (including phenoxy) is 1. The van der Waals surface area contributed by atoms with E-state index < -0.39 is 18.1 Å². The molecule has 0 saturated carbocycles. The molecule has 13 heteroatoms. The number of carbonyl (C=O) groups excluding carboxylic acids is 2. The first kappa shape index (κ1) is 24.0. The van der Waals surface area contributed by atoms with Crippen LogP contribution in [0.15, 0.2) is 60.9 Å². The van der Waals surface area contributed by atoms with Crippen LogP contribution in [0, 0.1) is 0 Å².